The zero-order valence-electron chi connectivity index (χ0n) is 10.5. The van der Waals surface area contributed by atoms with Crippen molar-refractivity contribution in [3.05, 3.63) is 0 Å². The van der Waals surface area contributed by atoms with Crippen molar-refractivity contribution >= 4 is 18.6 Å². The monoisotopic (exact) mass is 281 g/mol. The van der Waals surface area contributed by atoms with Gasteiger partial charge in [0, 0.05) is 25.6 Å². The van der Waals surface area contributed by atoms with E-state index in [-0.39, 0.29) is 29.6 Å². The molecule has 0 unspecified atom stereocenters. The first-order chi connectivity index (χ1) is 8.05. The third-order valence-electron chi connectivity index (χ3n) is 2.53. The number of carbonyl (C=O) groups excluding carboxylic acids is 1. The molecule has 0 aromatic rings. The number of piperazine rings is 3. The average molecular weight is 281 g/mol. The van der Waals surface area contributed by atoms with Crippen molar-refractivity contribution in [3.63, 3.8) is 0 Å². The predicted octanol–water partition coefficient (Wildman–Crippen LogP) is -5.77. The number of nitrogens with one attached hydrogen (secondary N) is 3. The Kier molecular flexibility index (Phi) is 9.19. The number of aliphatic carboxylic acids is 1. The zero-order valence-corrected chi connectivity index (χ0v) is 13.4. The van der Waals surface area contributed by atoms with E-state index in [1.165, 1.54) is 25.0 Å². The first kappa shape index (κ1) is 18.1. The van der Waals surface area contributed by atoms with Gasteiger partial charge in [-0.3, -0.25) is 20.9 Å². The van der Waals surface area contributed by atoms with Crippen molar-refractivity contribution in [3.8, 4) is 5.40 Å². The first-order valence-corrected chi connectivity index (χ1v) is 5.71. The maximum Gasteiger partial charge on any atom is 1.00 e. The molecule has 4 bridgehead atoms. The van der Waals surface area contributed by atoms with Crippen LogP contribution in [0.3, 0.4) is 0 Å². The van der Waals surface area contributed by atoms with Crippen molar-refractivity contribution in [2.45, 2.75) is 25.4 Å². The Morgan fingerprint density at radius 3 is 1.67 bits per heavy atom. The van der Waals surface area contributed by atoms with E-state index in [1.807, 2.05) is 0 Å². The van der Waals surface area contributed by atoms with E-state index in [0.29, 0.717) is 18.5 Å². The fourth-order valence-corrected chi connectivity index (χ4v) is 2.19. The minimum Gasteiger partial charge on any atom is -0.550 e. The molecule has 0 radical (unpaired) electrons. The Balaban J connectivity index is 0.000000314. The standard InChI is InChI=1S/C6H12N4.C2H4O2.CHNS.Na/c1-4-7-5-2-10(1)3-6(8-4)9-5;1-2(3)4;2-1-3;/h4-9H,1-3H2;1H3,(H,3,4);3H;/q;;;+1/p-1. The van der Waals surface area contributed by atoms with Crippen molar-refractivity contribution in [2.75, 3.05) is 19.6 Å². The quantitative estimate of drug-likeness (QED) is 0.199. The summed E-state index contributed by atoms with van der Waals surface area (Å²) in [6, 6.07) is 0. The number of rotatable bonds is 0. The summed E-state index contributed by atoms with van der Waals surface area (Å²) in [5.74, 6) is -1.08. The van der Waals surface area contributed by atoms with Crippen LogP contribution in [0.15, 0.2) is 0 Å². The molecule has 9 heteroatoms. The number of nitrogens with zero attached hydrogens (tertiary/aromatic N) is 2. The molecule has 0 aromatic carbocycles. The number of hydrogen-bond acceptors (Lipinski definition) is 8. The van der Waals surface area contributed by atoms with Crippen LogP contribution in [-0.4, -0.2) is 49.0 Å². The van der Waals surface area contributed by atoms with E-state index >= 15 is 0 Å². The van der Waals surface area contributed by atoms with E-state index in [1.54, 1.807) is 0 Å². The van der Waals surface area contributed by atoms with Crippen LogP contribution < -0.4 is 50.6 Å². The van der Waals surface area contributed by atoms with Crippen LogP contribution in [0, 0.1) is 10.7 Å². The third-order valence-corrected chi connectivity index (χ3v) is 2.53. The molecule has 4 fully saturated rings. The van der Waals surface area contributed by atoms with Crippen LogP contribution in [0.4, 0.5) is 0 Å². The summed E-state index contributed by atoms with van der Waals surface area (Å²) in [6.45, 7) is 4.50. The Morgan fingerprint density at radius 2 is 1.50 bits per heavy atom. The van der Waals surface area contributed by atoms with Gasteiger partial charge in [-0.25, -0.2) is 0 Å². The normalized spacial score (nSPS) is 33.8. The largest absolute Gasteiger partial charge is 1.00 e. The maximum atomic E-state index is 8.89. The molecule has 7 nitrogen and oxygen atoms in total. The van der Waals surface area contributed by atoms with Gasteiger partial charge in [0.2, 0.25) is 0 Å². The molecule has 4 heterocycles. The number of nitriles is 1. The molecule has 0 spiro atoms. The van der Waals surface area contributed by atoms with Crippen molar-refractivity contribution < 1.29 is 39.5 Å². The number of thiol groups is 1. The van der Waals surface area contributed by atoms with Gasteiger partial charge in [0.05, 0.1) is 18.5 Å². The Hall–Kier alpha value is 0.150. The van der Waals surface area contributed by atoms with Crippen LogP contribution in [0.1, 0.15) is 6.92 Å². The molecular weight excluding hydrogens is 265 g/mol. The molecule has 4 saturated heterocycles. The van der Waals surface area contributed by atoms with Crippen LogP contribution in [0.5, 0.6) is 0 Å². The van der Waals surface area contributed by atoms with Crippen molar-refractivity contribution in [2.24, 2.45) is 0 Å². The minimum absolute atomic E-state index is 0. The van der Waals surface area contributed by atoms with Crippen LogP contribution in [-0.2, 0) is 4.79 Å². The van der Waals surface area contributed by atoms with Gasteiger partial charge in [0.25, 0.3) is 0 Å². The summed E-state index contributed by atoms with van der Waals surface area (Å²) in [7, 11) is 0. The van der Waals surface area contributed by atoms with Gasteiger partial charge in [0.15, 0.2) is 0 Å². The van der Waals surface area contributed by atoms with Crippen LogP contribution in [0.25, 0.3) is 0 Å². The number of carboxylic acids is 1. The number of carboxylic acid groups (broad SMARTS) is 1. The van der Waals surface area contributed by atoms with E-state index < -0.39 is 5.97 Å². The third kappa shape index (κ3) is 6.36. The van der Waals surface area contributed by atoms with Gasteiger partial charge in [-0.1, -0.05) is 12.6 Å². The van der Waals surface area contributed by atoms with Crippen molar-refractivity contribution in [1.29, 1.82) is 5.26 Å². The van der Waals surface area contributed by atoms with Crippen LogP contribution >= 0.6 is 12.6 Å². The number of thiocyanates is 1. The van der Waals surface area contributed by atoms with E-state index in [9.17, 15) is 0 Å². The topological polar surface area (TPSA) is 103 Å². The summed E-state index contributed by atoms with van der Waals surface area (Å²) in [5.41, 5.74) is 0. The molecule has 4 rings (SSSR count). The van der Waals surface area contributed by atoms with Gasteiger partial charge < -0.3 is 9.90 Å². The van der Waals surface area contributed by atoms with Gasteiger partial charge in [-0.15, -0.1) is 0 Å². The van der Waals surface area contributed by atoms with Crippen molar-refractivity contribution in [1.82, 2.24) is 20.9 Å². The molecule has 4 aliphatic rings. The van der Waals surface area contributed by atoms with Gasteiger partial charge in [-0.2, -0.15) is 5.26 Å². The average Bonchev–Trinajstić information content (AvgIpc) is 2.14. The van der Waals surface area contributed by atoms with Crippen LogP contribution in [0.2, 0.25) is 0 Å². The predicted molar refractivity (Wildman–Crippen MR) is 62.5 cm³/mol. The Bertz CT molecular complexity index is 251. The molecule has 3 N–H and O–H groups in total. The summed E-state index contributed by atoms with van der Waals surface area (Å²) >= 11 is 3.09. The van der Waals surface area contributed by atoms with Gasteiger partial charge in [0.1, 0.15) is 5.40 Å². The second kappa shape index (κ2) is 9.12. The molecule has 18 heavy (non-hydrogen) atoms. The maximum absolute atomic E-state index is 8.89. The van der Waals surface area contributed by atoms with E-state index in [2.05, 4.69) is 33.5 Å². The molecular formula is C9H16N5NaO2S. The fraction of sp³-hybridized carbons (Fsp3) is 0.778. The molecule has 0 aromatic heterocycles. The minimum atomic E-state index is -1.08. The second-order valence-corrected chi connectivity index (χ2v) is 4.17. The second-order valence-electron chi connectivity index (χ2n) is 3.97. The molecule has 0 atom stereocenters. The summed E-state index contributed by atoms with van der Waals surface area (Å²) in [4.78, 5) is 11.4. The van der Waals surface area contributed by atoms with Gasteiger partial charge in [-0.05, 0) is 6.92 Å². The smallest absolute Gasteiger partial charge is 0.550 e. The first-order valence-electron chi connectivity index (χ1n) is 5.26. The van der Waals surface area contributed by atoms with Gasteiger partial charge >= 0.3 is 29.6 Å². The molecule has 0 amide bonds. The fourth-order valence-electron chi connectivity index (χ4n) is 2.19. The van der Waals surface area contributed by atoms with E-state index in [4.69, 9.17) is 15.2 Å². The molecule has 0 saturated carbocycles. The zero-order chi connectivity index (χ0) is 12.8. The SMILES string of the molecule is C1C2NC3CN1CC(N2)N3.CC(=O)[O-].N#CS.[Na+]. The summed E-state index contributed by atoms with van der Waals surface area (Å²) in [5, 5.41) is 27.9. The van der Waals surface area contributed by atoms with E-state index in [0.717, 1.165) is 6.92 Å². The number of hydrogen-bond donors (Lipinski definition) is 4. The Labute approximate surface area is 134 Å². The summed E-state index contributed by atoms with van der Waals surface area (Å²) in [6.07, 6.45) is 1.62. The number of carbonyl (C=O) groups is 1. The molecule has 4 aliphatic heterocycles. The summed E-state index contributed by atoms with van der Waals surface area (Å²) < 4.78 is 0. The molecule has 96 valence electrons. The molecule has 0 aliphatic carbocycles. The Morgan fingerprint density at radius 1 is 1.28 bits per heavy atom.